The Balaban J connectivity index is 1.51. The van der Waals surface area contributed by atoms with Gasteiger partial charge in [-0.25, -0.2) is 5.10 Å². The number of amides is 1. The van der Waals surface area contributed by atoms with Crippen molar-refractivity contribution in [2.45, 2.75) is 12.8 Å². The molecule has 0 radical (unpaired) electrons. The number of aromatic amines is 1. The van der Waals surface area contributed by atoms with Crippen LogP contribution >= 0.6 is 0 Å². The van der Waals surface area contributed by atoms with Crippen molar-refractivity contribution in [1.82, 2.24) is 15.5 Å². The number of anilines is 1. The molecule has 2 N–H and O–H groups in total. The summed E-state index contributed by atoms with van der Waals surface area (Å²) < 4.78 is 0. The molecule has 0 aliphatic heterocycles. The van der Waals surface area contributed by atoms with E-state index in [0.717, 1.165) is 19.4 Å². The van der Waals surface area contributed by atoms with Crippen molar-refractivity contribution in [2.75, 3.05) is 25.0 Å². The quantitative estimate of drug-likeness (QED) is 0.642. The molecule has 0 spiro atoms. The molecule has 0 atom stereocenters. The summed E-state index contributed by atoms with van der Waals surface area (Å²) in [5.74, 6) is -0.270. The second kappa shape index (κ2) is 8.29. The van der Waals surface area contributed by atoms with Crippen LogP contribution < -0.4 is 15.8 Å². The summed E-state index contributed by atoms with van der Waals surface area (Å²) in [6, 6.07) is 17.2. The van der Waals surface area contributed by atoms with Gasteiger partial charge in [-0.05, 0) is 31.0 Å². The minimum Gasteiger partial charge on any atom is -0.375 e. The number of carbonyl (C=O) groups excluding carboxylic acids is 1. The van der Waals surface area contributed by atoms with Gasteiger partial charge in [0, 0.05) is 31.2 Å². The monoisotopic (exact) mass is 350 g/mol. The number of carbonyl (C=O) groups is 1. The third-order valence-corrected chi connectivity index (χ3v) is 4.31. The second-order valence-corrected chi connectivity index (χ2v) is 6.17. The van der Waals surface area contributed by atoms with Crippen molar-refractivity contribution in [3.8, 4) is 0 Å². The first-order chi connectivity index (χ1) is 12.7. The number of rotatable bonds is 7. The highest BCUT2D eigenvalue weighted by atomic mass is 16.2. The summed E-state index contributed by atoms with van der Waals surface area (Å²) in [4.78, 5) is 26.4. The van der Waals surface area contributed by atoms with Crippen LogP contribution in [0.15, 0.2) is 59.4 Å². The number of hydrogen-bond acceptors (Lipinski definition) is 4. The lowest BCUT2D eigenvalue weighted by atomic mass is 10.1. The van der Waals surface area contributed by atoms with E-state index >= 15 is 0 Å². The Labute approximate surface area is 151 Å². The molecular weight excluding hydrogens is 328 g/mol. The van der Waals surface area contributed by atoms with Crippen LogP contribution in [0.1, 0.15) is 23.3 Å². The standard InChI is InChI=1S/C20H22N4O2/c1-24(15-9-3-2-4-10-15)14-8-7-13-21-20(26)18-16-11-5-6-12-17(16)19(25)23-22-18/h2-6,9-12H,7-8,13-14H2,1H3,(H,21,26)(H,23,25). The lowest BCUT2D eigenvalue weighted by Gasteiger charge is -2.19. The van der Waals surface area contributed by atoms with Crippen molar-refractivity contribution < 1.29 is 4.79 Å². The van der Waals surface area contributed by atoms with Gasteiger partial charge in [0.1, 0.15) is 0 Å². The van der Waals surface area contributed by atoms with Crippen LogP contribution in [0.2, 0.25) is 0 Å². The molecule has 0 unspecified atom stereocenters. The summed E-state index contributed by atoms with van der Waals surface area (Å²) in [5, 5.41) is 10.2. The van der Waals surface area contributed by atoms with E-state index in [-0.39, 0.29) is 17.2 Å². The van der Waals surface area contributed by atoms with E-state index in [0.29, 0.717) is 17.3 Å². The van der Waals surface area contributed by atoms with E-state index in [4.69, 9.17) is 0 Å². The number of benzene rings is 2. The molecule has 1 heterocycles. The molecule has 6 heteroatoms. The fourth-order valence-electron chi connectivity index (χ4n) is 2.86. The van der Waals surface area contributed by atoms with Crippen molar-refractivity contribution in [1.29, 1.82) is 0 Å². The molecule has 2 aromatic carbocycles. The van der Waals surface area contributed by atoms with Gasteiger partial charge in [-0.2, -0.15) is 5.10 Å². The molecule has 0 bridgehead atoms. The minimum atomic E-state index is -0.291. The first kappa shape index (κ1) is 17.7. The number of hydrogen-bond donors (Lipinski definition) is 2. The smallest absolute Gasteiger partial charge is 0.272 e. The predicted octanol–water partition coefficient (Wildman–Crippen LogP) is 2.57. The van der Waals surface area contributed by atoms with Crippen LogP contribution in [0.4, 0.5) is 5.69 Å². The summed E-state index contributed by atoms with van der Waals surface area (Å²) in [6.45, 7) is 1.48. The first-order valence-corrected chi connectivity index (χ1v) is 8.68. The van der Waals surface area contributed by atoms with Crippen molar-refractivity contribution in [3.63, 3.8) is 0 Å². The molecule has 134 valence electrons. The highest BCUT2D eigenvalue weighted by molar-refractivity contribution is 6.04. The molecule has 1 amide bonds. The Bertz CT molecular complexity index is 937. The molecule has 1 aromatic heterocycles. The van der Waals surface area contributed by atoms with Crippen molar-refractivity contribution >= 4 is 22.4 Å². The first-order valence-electron chi connectivity index (χ1n) is 8.68. The van der Waals surface area contributed by atoms with Crippen molar-refractivity contribution in [2.24, 2.45) is 0 Å². The van der Waals surface area contributed by atoms with Gasteiger partial charge in [-0.15, -0.1) is 0 Å². The molecule has 0 fully saturated rings. The lowest BCUT2D eigenvalue weighted by molar-refractivity contribution is 0.0949. The third kappa shape index (κ3) is 4.08. The van der Waals surface area contributed by atoms with Gasteiger partial charge in [0.25, 0.3) is 11.5 Å². The fraction of sp³-hybridized carbons (Fsp3) is 0.250. The van der Waals surface area contributed by atoms with Crippen LogP contribution in [0, 0.1) is 0 Å². The number of nitrogens with one attached hydrogen (secondary N) is 2. The Kier molecular flexibility index (Phi) is 5.63. The van der Waals surface area contributed by atoms with Crippen molar-refractivity contribution in [3.05, 3.63) is 70.6 Å². The number of nitrogens with zero attached hydrogens (tertiary/aromatic N) is 2. The molecule has 3 aromatic rings. The SMILES string of the molecule is CN(CCCCNC(=O)c1n[nH]c(=O)c2ccccc12)c1ccccc1. The maximum absolute atomic E-state index is 12.4. The maximum atomic E-state index is 12.4. The molecule has 6 nitrogen and oxygen atoms in total. The average molecular weight is 350 g/mol. The summed E-state index contributed by atoms with van der Waals surface area (Å²) in [5.41, 5.74) is 1.14. The van der Waals surface area contributed by atoms with Gasteiger partial charge >= 0.3 is 0 Å². The van der Waals surface area contributed by atoms with Crippen LogP contribution in [0.3, 0.4) is 0 Å². The van der Waals surface area contributed by atoms with Crippen LogP contribution in [-0.2, 0) is 0 Å². The van der Waals surface area contributed by atoms with Gasteiger partial charge in [-0.1, -0.05) is 36.4 Å². The summed E-state index contributed by atoms with van der Waals surface area (Å²) in [7, 11) is 2.06. The number of para-hydroxylation sites is 1. The molecule has 0 aliphatic carbocycles. The Morgan fingerprint density at radius 2 is 1.73 bits per heavy atom. The number of fused-ring (bicyclic) bond motifs is 1. The van der Waals surface area contributed by atoms with Gasteiger partial charge < -0.3 is 10.2 Å². The fourth-order valence-corrected chi connectivity index (χ4v) is 2.86. The second-order valence-electron chi connectivity index (χ2n) is 6.17. The Hall–Kier alpha value is -3.15. The highest BCUT2D eigenvalue weighted by Crippen LogP contribution is 2.13. The molecule has 0 saturated heterocycles. The topological polar surface area (TPSA) is 78.1 Å². The average Bonchev–Trinajstić information content (AvgIpc) is 2.68. The van der Waals surface area contributed by atoms with E-state index in [1.165, 1.54) is 5.69 Å². The van der Waals surface area contributed by atoms with Gasteiger partial charge in [0.05, 0.1) is 5.39 Å². The van der Waals surface area contributed by atoms with Gasteiger partial charge in [0.15, 0.2) is 5.69 Å². The largest absolute Gasteiger partial charge is 0.375 e. The third-order valence-electron chi connectivity index (χ3n) is 4.31. The Morgan fingerprint density at radius 3 is 2.50 bits per heavy atom. The van der Waals surface area contributed by atoms with Crippen LogP contribution in [0.25, 0.3) is 10.8 Å². The highest BCUT2D eigenvalue weighted by Gasteiger charge is 2.13. The molecular formula is C20H22N4O2. The zero-order valence-corrected chi connectivity index (χ0v) is 14.7. The van der Waals surface area contributed by atoms with E-state index in [1.54, 1.807) is 24.3 Å². The minimum absolute atomic E-state index is 0.251. The van der Waals surface area contributed by atoms with Gasteiger partial charge in [0.2, 0.25) is 0 Å². The normalized spacial score (nSPS) is 10.7. The number of unbranched alkanes of at least 4 members (excludes halogenated alkanes) is 1. The zero-order valence-electron chi connectivity index (χ0n) is 14.7. The van der Waals surface area contributed by atoms with Crippen LogP contribution in [0.5, 0.6) is 0 Å². The number of H-pyrrole nitrogens is 1. The molecule has 0 saturated carbocycles. The zero-order chi connectivity index (χ0) is 18.4. The number of aromatic nitrogens is 2. The molecule has 26 heavy (non-hydrogen) atoms. The summed E-state index contributed by atoms with van der Waals surface area (Å²) >= 11 is 0. The summed E-state index contributed by atoms with van der Waals surface area (Å²) in [6.07, 6.45) is 1.83. The van der Waals surface area contributed by atoms with E-state index in [9.17, 15) is 9.59 Å². The maximum Gasteiger partial charge on any atom is 0.272 e. The Morgan fingerprint density at radius 1 is 1.04 bits per heavy atom. The van der Waals surface area contributed by atoms with Gasteiger partial charge in [-0.3, -0.25) is 9.59 Å². The van der Waals surface area contributed by atoms with Crippen LogP contribution in [-0.4, -0.2) is 36.2 Å². The molecule has 3 rings (SSSR count). The van der Waals surface area contributed by atoms with E-state index < -0.39 is 0 Å². The lowest BCUT2D eigenvalue weighted by Crippen LogP contribution is -2.28. The predicted molar refractivity (Wildman–Crippen MR) is 104 cm³/mol. The van der Waals surface area contributed by atoms with E-state index in [2.05, 4.69) is 39.6 Å². The van der Waals surface area contributed by atoms with E-state index in [1.807, 2.05) is 18.2 Å². The molecule has 0 aliphatic rings.